The molecule has 3 rings (SSSR count). The van der Waals surface area contributed by atoms with E-state index in [-0.39, 0.29) is 11.6 Å². The summed E-state index contributed by atoms with van der Waals surface area (Å²) in [6.07, 6.45) is 5.23. The van der Waals surface area contributed by atoms with Crippen molar-refractivity contribution in [2.45, 2.75) is 23.2 Å². The Hall–Kier alpha value is -2.03. The molecule has 0 saturated carbocycles. The molecule has 1 aliphatic rings. The molecule has 0 aliphatic carbocycles. The number of halogens is 3. The van der Waals surface area contributed by atoms with Crippen LogP contribution in [-0.4, -0.2) is 36.8 Å². The van der Waals surface area contributed by atoms with Gasteiger partial charge in [-0.2, -0.15) is 18.3 Å². The average molecular weight is 373 g/mol. The van der Waals surface area contributed by atoms with Crippen LogP contribution in [0.25, 0.3) is 0 Å². The molecule has 5 nitrogen and oxygen atoms in total. The summed E-state index contributed by atoms with van der Waals surface area (Å²) in [6.45, 7) is 1.04. The molecule has 0 N–H and O–H groups in total. The zero-order valence-electron chi connectivity index (χ0n) is 13.6. The number of hydrogen-bond acceptors (Lipinski definition) is 4. The average Bonchev–Trinajstić information content (AvgIpc) is 3.16. The van der Waals surface area contributed by atoms with Gasteiger partial charge in [-0.15, -0.1) is 0 Å². The van der Waals surface area contributed by atoms with E-state index in [1.165, 1.54) is 12.1 Å². The first kappa shape index (κ1) is 17.8. The number of aromatic nitrogens is 2. The van der Waals surface area contributed by atoms with Gasteiger partial charge in [0.1, 0.15) is 0 Å². The number of alkyl halides is 3. The van der Waals surface area contributed by atoms with E-state index in [1.54, 1.807) is 21.8 Å². The molecular formula is C16H18F3N3O2S. The number of para-hydroxylation sites is 1. The van der Waals surface area contributed by atoms with Gasteiger partial charge in [-0.1, -0.05) is 12.1 Å². The van der Waals surface area contributed by atoms with Gasteiger partial charge in [-0.05, 0) is 36.5 Å². The molecule has 0 spiro atoms. The van der Waals surface area contributed by atoms with E-state index in [0.29, 0.717) is 13.1 Å². The van der Waals surface area contributed by atoms with Gasteiger partial charge in [0.25, 0.3) is 9.84 Å². The Morgan fingerprint density at radius 3 is 2.64 bits per heavy atom. The molecule has 1 atom stereocenters. The van der Waals surface area contributed by atoms with Gasteiger partial charge in [-0.3, -0.25) is 4.68 Å². The van der Waals surface area contributed by atoms with E-state index >= 15 is 0 Å². The van der Waals surface area contributed by atoms with E-state index in [1.807, 2.05) is 13.2 Å². The van der Waals surface area contributed by atoms with Crippen LogP contribution in [0.3, 0.4) is 0 Å². The zero-order valence-corrected chi connectivity index (χ0v) is 14.4. The highest BCUT2D eigenvalue weighted by molar-refractivity contribution is 7.92. The number of anilines is 1. The summed E-state index contributed by atoms with van der Waals surface area (Å²) in [5.41, 5.74) is -4.13. The summed E-state index contributed by atoms with van der Waals surface area (Å²) in [4.78, 5) is 1.05. The summed E-state index contributed by atoms with van der Waals surface area (Å²) >= 11 is 0. The SMILES string of the molecule is Cn1cc(CC2CCN(c3ccccc3S(=O)(=O)C(F)(F)F)C2)cn1. The second kappa shape index (κ2) is 6.36. The first-order valence-electron chi connectivity index (χ1n) is 7.81. The Bertz CT molecular complexity index is 862. The zero-order chi connectivity index (χ0) is 18.2. The molecule has 2 aromatic rings. The normalized spacial score (nSPS) is 18.7. The molecular weight excluding hydrogens is 355 g/mol. The van der Waals surface area contributed by atoms with Crippen molar-refractivity contribution in [2.24, 2.45) is 13.0 Å². The Balaban J connectivity index is 1.82. The summed E-state index contributed by atoms with van der Waals surface area (Å²) in [5, 5.41) is 4.11. The summed E-state index contributed by atoms with van der Waals surface area (Å²) < 4.78 is 64.2. The molecule has 0 radical (unpaired) electrons. The van der Waals surface area contributed by atoms with Gasteiger partial charge in [0.2, 0.25) is 0 Å². The van der Waals surface area contributed by atoms with Crippen molar-refractivity contribution in [2.75, 3.05) is 18.0 Å². The molecule has 25 heavy (non-hydrogen) atoms. The molecule has 9 heteroatoms. The van der Waals surface area contributed by atoms with Crippen LogP contribution in [0.2, 0.25) is 0 Å². The van der Waals surface area contributed by atoms with Crippen LogP contribution >= 0.6 is 0 Å². The van der Waals surface area contributed by atoms with Crippen molar-refractivity contribution in [1.29, 1.82) is 0 Å². The van der Waals surface area contributed by atoms with Crippen LogP contribution in [0.4, 0.5) is 18.9 Å². The highest BCUT2D eigenvalue weighted by atomic mass is 32.2. The lowest BCUT2D eigenvalue weighted by Gasteiger charge is -2.22. The van der Waals surface area contributed by atoms with Gasteiger partial charge in [0.15, 0.2) is 0 Å². The fourth-order valence-corrected chi connectivity index (χ4v) is 4.18. The first-order valence-corrected chi connectivity index (χ1v) is 9.29. The van der Waals surface area contributed by atoms with E-state index in [4.69, 9.17) is 0 Å². The van der Waals surface area contributed by atoms with E-state index in [9.17, 15) is 21.6 Å². The molecule has 0 bridgehead atoms. The first-order chi connectivity index (χ1) is 11.7. The van der Waals surface area contributed by atoms with Gasteiger partial charge >= 0.3 is 5.51 Å². The smallest absolute Gasteiger partial charge is 0.370 e. The largest absolute Gasteiger partial charge is 0.501 e. The Labute approximate surface area is 144 Å². The van der Waals surface area contributed by atoms with Crippen molar-refractivity contribution >= 4 is 15.5 Å². The lowest BCUT2D eigenvalue weighted by Crippen LogP contribution is -2.27. The molecule has 1 aromatic heterocycles. The number of nitrogens with zero attached hydrogens (tertiary/aromatic N) is 3. The fraction of sp³-hybridized carbons (Fsp3) is 0.438. The van der Waals surface area contributed by atoms with Gasteiger partial charge in [0, 0.05) is 26.3 Å². The van der Waals surface area contributed by atoms with Crippen molar-refractivity contribution < 1.29 is 21.6 Å². The van der Waals surface area contributed by atoms with E-state index in [2.05, 4.69) is 5.10 Å². The topological polar surface area (TPSA) is 55.2 Å². The van der Waals surface area contributed by atoms with Crippen LogP contribution in [0, 0.1) is 5.92 Å². The Kier molecular flexibility index (Phi) is 4.52. The minimum Gasteiger partial charge on any atom is -0.370 e. The van der Waals surface area contributed by atoms with Crippen molar-refractivity contribution in [1.82, 2.24) is 9.78 Å². The third-order valence-corrected chi connectivity index (χ3v) is 5.90. The third-order valence-electron chi connectivity index (χ3n) is 4.37. The van der Waals surface area contributed by atoms with Crippen molar-refractivity contribution in [3.63, 3.8) is 0 Å². The second-order valence-electron chi connectivity index (χ2n) is 6.24. The number of rotatable bonds is 4. The lowest BCUT2D eigenvalue weighted by molar-refractivity contribution is -0.0435. The van der Waals surface area contributed by atoms with Crippen LogP contribution < -0.4 is 4.90 Å². The summed E-state index contributed by atoms with van der Waals surface area (Å²) in [6, 6.07) is 5.32. The molecule has 136 valence electrons. The Morgan fingerprint density at radius 1 is 1.28 bits per heavy atom. The fourth-order valence-electron chi connectivity index (χ4n) is 3.20. The summed E-state index contributed by atoms with van der Waals surface area (Å²) in [7, 11) is -3.55. The third kappa shape index (κ3) is 3.51. The lowest BCUT2D eigenvalue weighted by atomic mass is 10.0. The number of sulfone groups is 1. The van der Waals surface area contributed by atoms with Crippen LogP contribution in [0.1, 0.15) is 12.0 Å². The number of aryl methyl sites for hydroxylation is 1. The second-order valence-corrected chi connectivity index (χ2v) is 8.15. The molecule has 1 saturated heterocycles. The van der Waals surface area contributed by atoms with Crippen molar-refractivity contribution in [3.8, 4) is 0 Å². The van der Waals surface area contributed by atoms with Gasteiger partial charge in [-0.25, -0.2) is 8.42 Å². The van der Waals surface area contributed by atoms with Crippen LogP contribution in [-0.2, 0) is 23.3 Å². The number of benzene rings is 1. The molecule has 1 aromatic carbocycles. The maximum absolute atomic E-state index is 12.9. The maximum atomic E-state index is 12.9. The van der Waals surface area contributed by atoms with Crippen molar-refractivity contribution in [3.05, 3.63) is 42.2 Å². The molecule has 0 amide bonds. The molecule has 1 unspecified atom stereocenters. The highest BCUT2D eigenvalue weighted by Gasteiger charge is 2.48. The van der Waals surface area contributed by atoms with Crippen LogP contribution in [0.5, 0.6) is 0 Å². The highest BCUT2D eigenvalue weighted by Crippen LogP contribution is 2.37. The molecule has 2 heterocycles. The standard InChI is InChI=1S/C16H18F3N3O2S/c1-21-10-13(9-20-21)8-12-6-7-22(11-12)14-4-2-3-5-15(14)25(23,24)16(17,18)19/h2-5,9-10,12H,6-8,11H2,1H3. The number of hydrogen-bond donors (Lipinski definition) is 0. The van der Waals surface area contributed by atoms with Gasteiger partial charge in [0.05, 0.1) is 16.8 Å². The van der Waals surface area contributed by atoms with Gasteiger partial charge < -0.3 is 4.90 Å². The quantitative estimate of drug-likeness (QED) is 0.827. The summed E-state index contributed by atoms with van der Waals surface area (Å²) in [5.74, 6) is 0.242. The molecule has 1 fully saturated rings. The minimum absolute atomic E-state index is 0.119. The predicted molar refractivity (Wildman–Crippen MR) is 86.9 cm³/mol. The minimum atomic E-state index is -5.37. The van der Waals surface area contributed by atoms with Crippen LogP contribution in [0.15, 0.2) is 41.6 Å². The molecule has 1 aliphatic heterocycles. The Morgan fingerprint density at radius 2 is 2.00 bits per heavy atom. The van der Waals surface area contributed by atoms with E-state index < -0.39 is 20.2 Å². The monoisotopic (exact) mass is 373 g/mol. The maximum Gasteiger partial charge on any atom is 0.501 e. The predicted octanol–water partition coefficient (Wildman–Crippen LogP) is 2.78. The van der Waals surface area contributed by atoms with E-state index in [0.717, 1.165) is 24.5 Å².